The number of nitrogen functional groups attached to an aromatic ring is 1. The summed E-state index contributed by atoms with van der Waals surface area (Å²) in [7, 11) is 1.75. The van der Waals surface area contributed by atoms with Crippen molar-refractivity contribution < 1.29 is 4.74 Å². The van der Waals surface area contributed by atoms with E-state index in [0.29, 0.717) is 11.7 Å². The molecular formula is C15H24BrN3O. The Kier molecular flexibility index (Phi) is 5.78. The van der Waals surface area contributed by atoms with E-state index in [4.69, 9.17) is 15.5 Å². The van der Waals surface area contributed by atoms with Gasteiger partial charge < -0.3 is 10.5 Å². The fourth-order valence-electron chi connectivity index (χ4n) is 3.01. The van der Waals surface area contributed by atoms with Gasteiger partial charge in [0.05, 0.1) is 10.2 Å². The molecule has 1 atom stereocenters. The third kappa shape index (κ3) is 3.50. The molecule has 2 N–H and O–H groups in total. The number of hydrogen-bond donors (Lipinski definition) is 1. The zero-order valence-electron chi connectivity index (χ0n) is 12.4. The molecule has 1 aromatic heterocycles. The van der Waals surface area contributed by atoms with Gasteiger partial charge in [0.15, 0.2) is 5.82 Å². The number of nitrogens with two attached hydrogens (primary N) is 1. The number of hydrogen-bond acceptors (Lipinski definition) is 4. The summed E-state index contributed by atoms with van der Waals surface area (Å²) in [4.78, 5) is 9.16. The Morgan fingerprint density at radius 3 is 2.60 bits per heavy atom. The summed E-state index contributed by atoms with van der Waals surface area (Å²) < 4.78 is 6.54. The lowest BCUT2D eigenvalue weighted by Crippen LogP contribution is -2.21. The number of anilines is 1. The number of aryl methyl sites for hydroxylation is 1. The van der Waals surface area contributed by atoms with E-state index in [1.807, 2.05) is 0 Å². The van der Waals surface area contributed by atoms with Crippen LogP contribution in [0.2, 0.25) is 0 Å². The highest BCUT2D eigenvalue weighted by Crippen LogP contribution is 2.36. The van der Waals surface area contributed by atoms with E-state index in [1.54, 1.807) is 7.11 Å². The summed E-state index contributed by atoms with van der Waals surface area (Å²) in [6.45, 7) is 2.14. The van der Waals surface area contributed by atoms with Crippen molar-refractivity contribution in [2.45, 2.75) is 58.0 Å². The summed E-state index contributed by atoms with van der Waals surface area (Å²) in [6.07, 6.45) is 8.19. The molecule has 0 amide bonds. The molecule has 1 aliphatic carbocycles. The quantitative estimate of drug-likeness (QED) is 0.877. The standard InChI is InChI=1S/C15H24BrN3O/c1-3-7-11-12(16)14(17)19-15(18-11)13(20-2)10-8-5-4-6-9-10/h10,13H,3-9H2,1-2H3,(H2,17,18,19). The van der Waals surface area contributed by atoms with E-state index in [2.05, 4.69) is 27.8 Å². The molecule has 0 aliphatic heterocycles. The van der Waals surface area contributed by atoms with Gasteiger partial charge in [0.2, 0.25) is 0 Å². The molecular weight excluding hydrogens is 318 g/mol. The van der Waals surface area contributed by atoms with Crippen LogP contribution in [0.1, 0.15) is 63.1 Å². The molecule has 1 unspecified atom stereocenters. The van der Waals surface area contributed by atoms with Gasteiger partial charge in [0, 0.05) is 7.11 Å². The topological polar surface area (TPSA) is 61.0 Å². The molecule has 5 heteroatoms. The molecule has 1 aromatic rings. The van der Waals surface area contributed by atoms with Gasteiger partial charge in [-0.25, -0.2) is 9.97 Å². The van der Waals surface area contributed by atoms with Crippen molar-refractivity contribution in [1.29, 1.82) is 0 Å². The first-order chi connectivity index (χ1) is 9.67. The van der Waals surface area contributed by atoms with E-state index >= 15 is 0 Å². The molecule has 0 saturated heterocycles. The molecule has 0 spiro atoms. The van der Waals surface area contributed by atoms with Crippen LogP contribution in [0.25, 0.3) is 0 Å². The van der Waals surface area contributed by atoms with Crippen molar-refractivity contribution >= 4 is 21.7 Å². The Labute approximate surface area is 129 Å². The van der Waals surface area contributed by atoms with Gasteiger partial charge in [0.25, 0.3) is 0 Å². The maximum atomic E-state index is 6.02. The summed E-state index contributed by atoms with van der Waals surface area (Å²) >= 11 is 3.49. The summed E-state index contributed by atoms with van der Waals surface area (Å²) in [5, 5.41) is 0. The minimum atomic E-state index is -0.0266. The summed E-state index contributed by atoms with van der Waals surface area (Å²) in [5.74, 6) is 1.80. The minimum absolute atomic E-state index is 0.0266. The van der Waals surface area contributed by atoms with E-state index in [-0.39, 0.29) is 6.10 Å². The monoisotopic (exact) mass is 341 g/mol. The Hall–Kier alpha value is -0.680. The Morgan fingerprint density at radius 1 is 1.30 bits per heavy atom. The smallest absolute Gasteiger partial charge is 0.160 e. The van der Waals surface area contributed by atoms with Gasteiger partial charge in [0.1, 0.15) is 11.9 Å². The van der Waals surface area contributed by atoms with Crippen molar-refractivity contribution in [2.24, 2.45) is 5.92 Å². The number of methoxy groups -OCH3 is 1. The maximum absolute atomic E-state index is 6.02. The first-order valence-electron chi connectivity index (χ1n) is 7.52. The van der Waals surface area contributed by atoms with Crippen LogP contribution in [0.3, 0.4) is 0 Å². The van der Waals surface area contributed by atoms with Crippen molar-refractivity contribution in [3.63, 3.8) is 0 Å². The SMILES string of the molecule is CCCc1nc(C(OC)C2CCCCC2)nc(N)c1Br. The summed E-state index contributed by atoms with van der Waals surface area (Å²) in [6, 6.07) is 0. The molecule has 1 fully saturated rings. The molecule has 1 aliphatic rings. The van der Waals surface area contributed by atoms with E-state index in [9.17, 15) is 0 Å². The maximum Gasteiger partial charge on any atom is 0.160 e. The predicted molar refractivity (Wildman–Crippen MR) is 84.5 cm³/mol. The highest BCUT2D eigenvalue weighted by Gasteiger charge is 2.28. The average Bonchev–Trinajstić information content (AvgIpc) is 2.46. The Balaban J connectivity index is 2.28. The first-order valence-corrected chi connectivity index (χ1v) is 8.31. The molecule has 0 aromatic carbocycles. The largest absolute Gasteiger partial charge is 0.383 e. The van der Waals surface area contributed by atoms with Crippen molar-refractivity contribution in [1.82, 2.24) is 9.97 Å². The number of nitrogens with zero attached hydrogens (tertiary/aromatic N) is 2. The highest BCUT2D eigenvalue weighted by atomic mass is 79.9. The van der Waals surface area contributed by atoms with Gasteiger partial charge in [-0.05, 0) is 41.1 Å². The second kappa shape index (κ2) is 7.36. The lowest BCUT2D eigenvalue weighted by Gasteiger charge is -2.28. The van der Waals surface area contributed by atoms with Crippen LogP contribution in [0, 0.1) is 5.92 Å². The number of ether oxygens (including phenoxy) is 1. The summed E-state index contributed by atoms with van der Waals surface area (Å²) in [5.41, 5.74) is 7.01. The molecule has 20 heavy (non-hydrogen) atoms. The average molecular weight is 342 g/mol. The zero-order chi connectivity index (χ0) is 14.5. The number of rotatable bonds is 5. The van der Waals surface area contributed by atoms with Crippen LogP contribution in [0.15, 0.2) is 4.47 Å². The third-order valence-corrected chi connectivity index (χ3v) is 4.90. The van der Waals surface area contributed by atoms with E-state index in [0.717, 1.165) is 28.8 Å². The number of halogens is 1. The van der Waals surface area contributed by atoms with Gasteiger partial charge in [-0.3, -0.25) is 0 Å². The van der Waals surface area contributed by atoms with Crippen molar-refractivity contribution in [3.8, 4) is 0 Å². The number of aromatic nitrogens is 2. The van der Waals surface area contributed by atoms with E-state index < -0.39 is 0 Å². The zero-order valence-corrected chi connectivity index (χ0v) is 13.9. The second-order valence-electron chi connectivity index (χ2n) is 5.53. The first kappa shape index (κ1) is 15.7. The molecule has 112 valence electrons. The van der Waals surface area contributed by atoms with Crippen LogP contribution in [-0.2, 0) is 11.2 Å². The molecule has 1 heterocycles. The van der Waals surface area contributed by atoms with Crippen LogP contribution in [-0.4, -0.2) is 17.1 Å². The van der Waals surface area contributed by atoms with Crippen LogP contribution >= 0.6 is 15.9 Å². The van der Waals surface area contributed by atoms with Crippen LogP contribution in [0.5, 0.6) is 0 Å². The second-order valence-corrected chi connectivity index (χ2v) is 6.33. The lowest BCUT2D eigenvalue weighted by atomic mass is 9.85. The molecule has 4 nitrogen and oxygen atoms in total. The molecule has 2 rings (SSSR count). The molecule has 1 saturated carbocycles. The van der Waals surface area contributed by atoms with Crippen molar-refractivity contribution in [3.05, 3.63) is 16.0 Å². The Morgan fingerprint density at radius 2 is 2.00 bits per heavy atom. The van der Waals surface area contributed by atoms with Gasteiger partial charge in [-0.2, -0.15) is 0 Å². The highest BCUT2D eigenvalue weighted by molar-refractivity contribution is 9.10. The van der Waals surface area contributed by atoms with Crippen LogP contribution in [0.4, 0.5) is 5.82 Å². The molecule has 0 bridgehead atoms. The predicted octanol–water partition coefficient (Wildman–Crippen LogP) is 4.04. The fourth-order valence-corrected chi connectivity index (χ4v) is 3.38. The lowest BCUT2D eigenvalue weighted by molar-refractivity contribution is 0.0288. The minimum Gasteiger partial charge on any atom is -0.383 e. The van der Waals surface area contributed by atoms with Gasteiger partial charge in [-0.15, -0.1) is 0 Å². The van der Waals surface area contributed by atoms with Crippen molar-refractivity contribution in [2.75, 3.05) is 12.8 Å². The van der Waals surface area contributed by atoms with E-state index in [1.165, 1.54) is 32.1 Å². The fraction of sp³-hybridized carbons (Fsp3) is 0.733. The third-order valence-electron chi connectivity index (χ3n) is 4.04. The van der Waals surface area contributed by atoms with Crippen LogP contribution < -0.4 is 5.73 Å². The van der Waals surface area contributed by atoms with Gasteiger partial charge >= 0.3 is 0 Å². The Bertz CT molecular complexity index is 447. The van der Waals surface area contributed by atoms with Gasteiger partial charge in [-0.1, -0.05) is 32.6 Å². The molecule has 0 radical (unpaired) electrons. The normalized spacial score (nSPS) is 18.1.